The van der Waals surface area contributed by atoms with Crippen LogP contribution in [-0.2, 0) is 24.4 Å². The van der Waals surface area contributed by atoms with Crippen molar-refractivity contribution in [1.82, 2.24) is 0 Å². The maximum atomic E-state index is 9.78. The highest BCUT2D eigenvalue weighted by molar-refractivity contribution is 5.90. The van der Waals surface area contributed by atoms with Crippen LogP contribution in [0.5, 0.6) is 17.2 Å². The molecule has 0 radical (unpaired) electrons. The summed E-state index contributed by atoms with van der Waals surface area (Å²) in [6.07, 6.45) is 2.12. The summed E-state index contributed by atoms with van der Waals surface area (Å²) in [6.45, 7) is 0.712. The summed E-state index contributed by atoms with van der Waals surface area (Å²) in [7, 11) is 4.79. The number of benzene rings is 3. The second-order valence-corrected chi connectivity index (χ2v) is 8.12. The molecule has 184 valence electrons. The van der Waals surface area contributed by atoms with Gasteiger partial charge in [0.25, 0.3) is 0 Å². The Morgan fingerprint density at radius 1 is 0.944 bits per heavy atom. The molecule has 1 atom stereocenters. The molecule has 1 unspecified atom stereocenters. The van der Waals surface area contributed by atoms with E-state index in [1.165, 1.54) is 0 Å². The molecule has 0 amide bonds. The maximum Gasteiger partial charge on any atom is 0.204 e. The van der Waals surface area contributed by atoms with Gasteiger partial charge in [-0.3, -0.25) is 4.99 Å². The van der Waals surface area contributed by atoms with Crippen LogP contribution in [0, 0.1) is 17.2 Å². The van der Waals surface area contributed by atoms with Crippen LogP contribution in [0.2, 0.25) is 0 Å². The molecule has 0 spiro atoms. The average Bonchev–Trinajstić information content (AvgIpc) is 3.35. The number of ether oxygens (including phenoxy) is 4. The zero-order chi connectivity index (χ0) is 25.3. The summed E-state index contributed by atoms with van der Waals surface area (Å²) in [5, 5.41) is 10.6. The Morgan fingerprint density at radius 2 is 1.72 bits per heavy atom. The molecule has 0 aliphatic rings. The number of nitriles is 1. The number of nitrogens with zero attached hydrogens (tertiary/aromatic N) is 2. The standard InChI is InChI=1S/C29H28N2O5/c1-32-24-11-9-20(10-12-24)18-35-19-25-15-26-22(14-27(33-2)29(34-3)28(26)36-25)13-21(16-30)17-31-23-7-5-4-6-8-23/h4-12,14-15,17,21H,13,18-19H2,1-3H3. The Labute approximate surface area is 210 Å². The second-order valence-electron chi connectivity index (χ2n) is 8.12. The zero-order valence-corrected chi connectivity index (χ0v) is 20.6. The van der Waals surface area contributed by atoms with Gasteiger partial charge in [0.2, 0.25) is 5.75 Å². The minimum Gasteiger partial charge on any atom is -0.497 e. The van der Waals surface area contributed by atoms with E-state index < -0.39 is 5.92 Å². The third-order valence-corrected chi connectivity index (χ3v) is 5.73. The number of methoxy groups -OCH3 is 3. The van der Waals surface area contributed by atoms with Crippen molar-refractivity contribution >= 4 is 22.9 Å². The van der Waals surface area contributed by atoms with Crippen LogP contribution in [-0.4, -0.2) is 27.5 Å². The number of aliphatic imine (C=N–C) groups is 1. The molecule has 36 heavy (non-hydrogen) atoms. The van der Waals surface area contributed by atoms with Crippen molar-refractivity contribution in [2.24, 2.45) is 10.9 Å². The molecule has 0 bridgehead atoms. The van der Waals surface area contributed by atoms with Gasteiger partial charge in [-0.25, -0.2) is 0 Å². The van der Waals surface area contributed by atoms with Gasteiger partial charge in [-0.15, -0.1) is 0 Å². The Bertz CT molecular complexity index is 1350. The van der Waals surface area contributed by atoms with Crippen LogP contribution < -0.4 is 14.2 Å². The molecular weight excluding hydrogens is 456 g/mol. The summed E-state index contributed by atoms with van der Waals surface area (Å²) >= 11 is 0. The summed E-state index contributed by atoms with van der Waals surface area (Å²) in [6, 6.07) is 23.4. The fourth-order valence-corrected chi connectivity index (χ4v) is 3.90. The van der Waals surface area contributed by atoms with Gasteiger partial charge in [-0.1, -0.05) is 30.3 Å². The molecule has 0 saturated carbocycles. The topological polar surface area (TPSA) is 86.2 Å². The Morgan fingerprint density at radius 3 is 2.39 bits per heavy atom. The molecular formula is C29H28N2O5. The fourth-order valence-electron chi connectivity index (χ4n) is 3.90. The maximum absolute atomic E-state index is 9.78. The van der Waals surface area contributed by atoms with Gasteiger partial charge < -0.3 is 23.4 Å². The van der Waals surface area contributed by atoms with Crippen LogP contribution in [0.1, 0.15) is 16.9 Å². The van der Waals surface area contributed by atoms with Crippen LogP contribution in [0.3, 0.4) is 0 Å². The lowest BCUT2D eigenvalue weighted by Crippen LogP contribution is -2.04. The van der Waals surface area contributed by atoms with E-state index in [0.717, 1.165) is 28.0 Å². The molecule has 7 nitrogen and oxygen atoms in total. The lowest BCUT2D eigenvalue weighted by Gasteiger charge is -2.12. The van der Waals surface area contributed by atoms with Crippen LogP contribution in [0.4, 0.5) is 5.69 Å². The minimum atomic E-state index is -0.434. The fraction of sp³-hybridized carbons (Fsp3) is 0.241. The molecule has 4 rings (SSSR count). The molecule has 0 aliphatic carbocycles. The van der Waals surface area contributed by atoms with E-state index in [-0.39, 0.29) is 6.61 Å². The first-order valence-electron chi connectivity index (χ1n) is 11.5. The van der Waals surface area contributed by atoms with Crippen LogP contribution >= 0.6 is 0 Å². The highest BCUT2D eigenvalue weighted by Crippen LogP contribution is 2.40. The van der Waals surface area contributed by atoms with Gasteiger partial charge in [0.1, 0.15) is 18.1 Å². The molecule has 7 heteroatoms. The molecule has 0 N–H and O–H groups in total. The van der Waals surface area contributed by atoms with Crippen molar-refractivity contribution in [3.8, 4) is 23.3 Å². The van der Waals surface area contributed by atoms with Crippen molar-refractivity contribution in [2.45, 2.75) is 19.6 Å². The number of hydrogen-bond donors (Lipinski definition) is 0. The highest BCUT2D eigenvalue weighted by Gasteiger charge is 2.20. The van der Waals surface area contributed by atoms with Crippen molar-refractivity contribution < 1.29 is 23.4 Å². The lowest BCUT2D eigenvalue weighted by molar-refractivity contribution is 0.0939. The molecule has 0 aliphatic heterocycles. The minimum absolute atomic E-state index is 0.281. The van der Waals surface area contributed by atoms with E-state index >= 15 is 0 Å². The average molecular weight is 485 g/mol. The number of rotatable bonds is 11. The third-order valence-electron chi connectivity index (χ3n) is 5.73. The Hall–Kier alpha value is -4.28. The first-order chi connectivity index (χ1) is 17.6. The van der Waals surface area contributed by atoms with Crippen molar-refractivity contribution in [3.05, 3.63) is 83.6 Å². The van der Waals surface area contributed by atoms with Crippen molar-refractivity contribution in [1.29, 1.82) is 5.26 Å². The third kappa shape index (κ3) is 5.85. The quantitative estimate of drug-likeness (QED) is 0.234. The number of fused-ring (bicyclic) bond motifs is 1. The molecule has 3 aromatic carbocycles. The SMILES string of the molecule is COc1ccc(COCc2cc3c(CC(C#N)C=Nc4ccccc4)cc(OC)c(OC)c3o2)cc1. The van der Waals surface area contributed by atoms with Gasteiger partial charge in [0.15, 0.2) is 11.3 Å². The van der Waals surface area contributed by atoms with Gasteiger partial charge in [0, 0.05) is 11.6 Å². The van der Waals surface area contributed by atoms with E-state index in [4.69, 9.17) is 23.4 Å². The van der Waals surface area contributed by atoms with Crippen LogP contribution in [0.25, 0.3) is 11.0 Å². The van der Waals surface area contributed by atoms with E-state index in [1.807, 2.05) is 66.7 Å². The smallest absolute Gasteiger partial charge is 0.204 e. The van der Waals surface area contributed by atoms with Crippen molar-refractivity contribution in [3.63, 3.8) is 0 Å². The second kappa shape index (κ2) is 11.9. The van der Waals surface area contributed by atoms with Gasteiger partial charge in [0.05, 0.1) is 45.6 Å². The van der Waals surface area contributed by atoms with Gasteiger partial charge in [-0.05, 0) is 53.9 Å². The van der Waals surface area contributed by atoms with Crippen molar-refractivity contribution in [2.75, 3.05) is 21.3 Å². The Kier molecular flexibility index (Phi) is 8.22. The monoisotopic (exact) mass is 484 g/mol. The summed E-state index contributed by atoms with van der Waals surface area (Å²) in [4.78, 5) is 4.46. The lowest BCUT2D eigenvalue weighted by atomic mass is 9.98. The number of furan rings is 1. The first-order valence-corrected chi connectivity index (χ1v) is 11.5. The van der Waals surface area contributed by atoms with Gasteiger partial charge in [-0.2, -0.15) is 5.26 Å². The normalized spacial score (nSPS) is 11.9. The predicted octanol–water partition coefficient (Wildman–Crippen LogP) is 6.26. The molecule has 1 heterocycles. The molecule has 0 fully saturated rings. The summed E-state index contributed by atoms with van der Waals surface area (Å²) in [5.41, 5.74) is 3.29. The van der Waals surface area contributed by atoms with E-state index in [0.29, 0.717) is 35.9 Å². The van der Waals surface area contributed by atoms with E-state index in [1.54, 1.807) is 27.5 Å². The summed E-state index contributed by atoms with van der Waals surface area (Å²) in [5.74, 6) is 2.06. The van der Waals surface area contributed by atoms with E-state index in [2.05, 4.69) is 11.1 Å². The zero-order valence-electron chi connectivity index (χ0n) is 20.6. The Balaban J connectivity index is 1.56. The predicted molar refractivity (Wildman–Crippen MR) is 138 cm³/mol. The first kappa shape index (κ1) is 24.8. The molecule has 1 aromatic heterocycles. The largest absolute Gasteiger partial charge is 0.497 e. The molecule has 4 aromatic rings. The number of hydrogen-bond acceptors (Lipinski definition) is 7. The highest BCUT2D eigenvalue weighted by atomic mass is 16.5. The van der Waals surface area contributed by atoms with Gasteiger partial charge >= 0.3 is 0 Å². The van der Waals surface area contributed by atoms with Crippen LogP contribution in [0.15, 0.2) is 76.1 Å². The summed E-state index contributed by atoms with van der Waals surface area (Å²) < 4.78 is 28.4. The van der Waals surface area contributed by atoms with E-state index in [9.17, 15) is 5.26 Å². The number of para-hydroxylation sites is 1. The molecule has 0 saturated heterocycles.